The second-order valence-corrected chi connectivity index (χ2v) is 5.62. The molecule has 1 saturated carbocycles. The van der Waals surface area contributed by atoms with E-state index in [1.165, 1.54) is 23.9 Å². The highest BCUT2D eigenvalue weighted by Gasteiger charge is 2.17. The van der Waals surface area contributed by atoms with Gasteiger partial charge in [0, 0.05) is 19.2 Å². The molecule has 1 fully saturated rings. The van der Waals surface area contributed by atoms with Crippen molar-refractivity contribution in [3.05, 3.63) is 40.1 Å². The Bertz CT molecular complexity index is 684. The summed E-state index contributed by atoms with van der Waals surface area (Å²) in [6.07, 6.45) is 6.25. The zero-order chi connectivity index (χ0) is 14.8. The monoisotopic (exact) mass is 287 g/mol. The Morgan fingerprint density at radius 2 is 2.19 bits per heavy atom. The molecule has 3 rings (SSSR count). The normalized spacial score (nSPS) is 15.0. The zero-order valence-electron chi connectivity index (χ0n) is 12.5. The van der Waals surface area contributed by atoms with Crippen LogP contribution in [0.4, 0.5) is 5.69 Å². The highest BCUT2D eigenvalue weighted by Crippen LogP contribution is 2.22. The first-order valence-electron chi connectivity index (χ1n) is 7.51. The molecule has 112 valence electrons. The van der Waals surface area contributed by atoms with Crippen LogP contribution in [0.3, 0.4) is 0 Å². The van der Waals surface area contributed by atoms with Gasteiger partial charge in [0.2, 0.25) is 0 Å². The maximum atomic E-state index is 12.2. The summed E-state index contributed by atoms with van der Waals surface area (Å²) in [7, 11) is 1.89. The van der Waals surface area contributed by atoms with Crippen molar-refractivity contribution in [1.29, 1.82) is 0 Å². The first kappa shape index (κ1) is 13.9. The molecule has 2 aromatic heterocycles. The van der Waals surface area contributed by atoms with E-state index < -0.39 is 0 Å². The van der Waals surface area contributed by atoms with E-state index in [1.807, 2.05) is 17.8 Å². The van der Waals surface area contributed by atoms with Crippen LogP contribution in [0.25, 0.3) is 0 Å². The van der Waals surface area contributed by atoms with Gasteiger partial charge in [-0.3, -0.25) is 9.48 Å². The molecule has 1 aliphatic carbocycles. The van der Waals surface area contributed by atoms with E-state index in [4.69, 9.17) is 0 Å². The molecule has 6 nitrogen and oxygen atoms in total. The average molecular weight is 287 g/mol. The minimum atomic E-state index is -0.0847. The summed E-state index contributed by atoms with van der Waals surface area (Å²) in [5.74, 6) is 0. The molecule has 2 heterocycles. The smallest absolute Gasteiger partial charge is 0.269 e. The number of aryl methyl sites for hydroxylation is 2. The van der Waals surface area contributed by atoms with Gasteiger partial charge >= 0.3 is 0 Å². The van der Waals surface area contributed by atoms with Gasteiger partial charge in [0.15, 0.2) is 0 Å². The highest BCUT2D eigenvalue weighted by atomic mass is 16.1. The Morgan fingerprint density at radius 1 is 1.38 bits per heavy atom. The number of hydrogen-bond donors (Lipinski definition) is 1. The molecule has 0 aliphatic heterocycles. The number of rotatable bonds is 5. The number of hydrogen-bond acceptors (Lipinski definition) is 4. The number of anilines is 1. The van der Waals surface area contributed by atoms with Crippen molar-refractivity contribution in [1.82, 2.24) is 19.6 Å². The largest absolute Gasteiger partial charge is 0.381 e. The van der Waals surface area contributed by atoms with Crippen LogP contribution in [-0.4, -0.2) is 25.6 Å². The molecule has 0 unspecified atom stereocenters. The predicted octanol–water partition coefficient (Wildman–Crippen LogP) is 1.55. The van der Waals surface area contributed by atoms with Crippen molar-refractivity contribution in [2.24, 2.45) is 7.05 Å². The summed E-state index contributed by atoms with van der Waals surface area (Å²) < 4.78 is 3.29. The third kappa shape index (κ3) is 2.99. The second kappa shape index (κ2) is 5.71. The SMILES string of the molecule is CCc1cc(Cn2ncc(NC3CCC3)cc2=O)n(C)n1. The van der Waals surface area contributed by atoms with Crippen molar-refractivity contribution < 1.29 is 0 Å². The standard InChI is InChI=1S/C15H21N5O/c1-3-11-7-14(19(2)18-11)10-20-15(21)8-13(9-16-20)17-12-5-4-6-12/h7-9,12,17H,3-6,10H2,1-2H3. The fourth-order valence-corrected chi connectivity index (χ4v) is 2.47. The molecule has 1 N–H and O–H groups in total. The molecule has 21 heavy (non-hydrogen) atoms. The van der Waals surface area contributed by atoms with Crippen LogP contribution < -0.4 is 10.9 Å². The van der Waals surface area contributed by atoms with E-state index in [9.17, 15) is 4.79 Å². The molecule has 0 radical (unpaired) electrons. The van der Waals surface area contributed by atoms with Gasteiger partial charge in [0.25, 0.3) is 5.56 Å². The van der Waals surface area contributed by atoms with Crippen LogP contribution >= 0.6 is 0 Å². The van der Waals surface area contributed by atoms with E-state index in [0.717, 1.165) is 23.5 Å². The lowest BCUT2D eigenvalue weighted by atomic mass is 9.93. The quantitative estimate of drug-likeness (QED) is 0.906. The average Bonchev–Trinajstić information content (AvgIpc) is 2.78. The lowest BCUT2D eigenvalue weighted by Gasteiger charge is -2.27. The lowest BCUT2D eigenvalue weighted by molar-refractivity contribution is 0.445. The minimum Gasteiger partial charge on any atom is -0.381 e. The van der Waals surface area contributed by atoms with Gasteiger partial charge in [-0.1, -0.05) is 6.92 Å². The van der Waals surface area contributed by atoms with Crippen LogP contribution in [0.1, 0.15) is 37.6 Å². The molecule has 0 spiro atoms. The topological polar surface area (TPSA) is 64.7 Å². The molecule has 0 aromatic carbocycles. The highest BCUT2D eigenvalue weighted by molar-refractivity contribution is 5.40. The Hall–Kier alpha value is -2.11. The third-order valence-corrected chi connectivity index (χ3v) is 4.05. The first-order valence-corrected chi connectivity index (χ1v) is 7.51. The minimum absolute atomic E-state index is 0.0847. The molecule has 0 saturated heterocycles. The first-order chi connectivity index (χ1) is 10.2. The van der Waals surface area contributed by atoms with Gasteiger partial charge < -0.3 is 5.32 Å². The maximum absolute atomic E-state index is 12.2. The van der Waals surface area contributed by atoms with Crippen molar-refractivity contribution in [2.75, 3.05) is 5.32 Å². The van der Waals surface area contributed by atoms with E-state index in [0.29, 0.717) is 12.6 Å². The van der Waals surface area contributed by atoms with E-state index in [-0.39, 0.29) is 5.56 Å². The summed E-state index contributed by atoms with van der Waals surface area (Å²) in [6, 6.07) is 4.16. The Labute approximate surface area is 123 Å². The fraction of sp³-hybridized carbons (Fsp3) is 0.533. The number of aromatic nitrogens is 4. The molecular weight excluding hydrogens is 266 g/mol. The van der Waals surface area contributed by atoms with Crippen molar-refractivity contribution in [2.45, 2.75) is 45.2 Å². The molecular formula is C15H21N5O. The van der Waals surface area contributed by atoms with Gasteiger partial charge in [-0.15, -0.1) is 0 Å². The predicted molar refractivity (Wildman–Crippen MR) is 81.4 cm³/mol. The number of nitrogens with one attached hydrogen (secondary N) is 1. The van der Waals surface area contributed by atoms with Gasteiger partial charge in [-0.05, 0) is 31.7 Å². The van der Waals surface area contributed by atoms with Gasteiger partial charge in [0.1, 0.15) is 0 Å². The zero-order valence-corrected chi connectivity index (χ0v) is 12.5. The molecule has 6 heteroatoms. The van der Waals surface area contributed by atoms with E-state index in [2.05, 4.69) is 22.4 Å². The fourth-order valence-electron chi connectivity index (χ4n) is 2.47. The van der Waals surface area contributed by atoms with Crippen LogP contribution in [0.15, 0.2) is 23.1 Å². The Balaban J connectivity index is 1.75. The molecule has 0 bridgehead atoms. The molecule has 0 atom stereocenters. The van der Waals surface area contributed by atoms with Crippen LogP contribution in [0.5, 0.6) is 0 Å². The molecule has 0 amide bonds. The summed E-state index contributed by atoms with van der Waals surface area (Å²) >= 11 is 0. The van der Waals surface area contributed by atoms with Crippen molar-refractivity contribution in [3.63, 3.8) is 0 Å². The summed E-state index contributed by atoms with van der Waals surface area (Å²) in [6.45, 7) is 2.52. The third-order valence-electron chi connectivity index (χ3n) is 4.05. The number of nitrogens with zero attached hydrogens (tertiary/aromatic N) is 4. The van der Waals surface area contributed by atoms with Gasteiger partial charge in [-0.25, -0.2) is 4.68 Å². The van der Waals surface area contributed by atoms with E-state index in [1.54, 1.807) is 12.3 Å². The summed E-state index contributed by atoms with van der Waals surface area (Å²) in [4.78, 5) is 12.2. The summed E-state index contributed by atoms with van der Waals surface area (Å²) in [5, 5.41) is 12.0. The van der Waals surface area contributed by atoms with Crippen molar-refractivity contribution in [3.8, 4) is 0 Å². The van der Waals surface area contributed by atoms with Crippen molar-refractivity contribution >= 4 is 5.69 Å². The maximum Gasteiger partial charge on any atom is 0.269 e. The summed E-state index contributed by atoms with van der Waals surface area (Å²) in [5.41, 5.74) is 2.75. The van der Waals surface area contributed by atoms with Crippen LogP contribution in [0, 0.1) is 0 Å². The van der Waals surface area contributed by atoms with Crippen LogP contribution in [-0.2, 0) is 20.0 Å². The second-order valence-electron chi connectivity index (χ2n) is 5.62. The van der Waals surface area contributed by atoms with E-state index >= 15 is 0 Å². The van der Waals surface area contributed by atoms with Gasteiger partial charge in [0.05, 0.1) is 29.8 Å². The van der Waals surface area contributed by atoms with Crippen LogP contribution in [0.2, 0.25) is 0 Å². The van der Waals surface area contributed by atoms with Gasteiger partial charge in [-0.2, -0.15) is 10.2 Å². The Kier molecular flexibility index (Phi) is 3.77. The Morgan fingerprint density at radius 3 is 2.76 bits per heavy atom. The molecule has 1 aliphatic rings. The lowest BCUT2D eigenvalue weighted by Crippen LogP contribution is -2.29. The molecule has 2 aromatic rings.